The first-order chi connectivity index (χ1) is 17.0. The van der Waals surface area contributed by atoms with Crippen LogP contribution in [0.4, 0.5) is 11.4 Å². The monoisotopic (exact) mass is 540 g/mol. The number of carbonyl (C=O) groups excluding carboxylic acids is 1. The van der Waals surface area contributed by atoms with Crippen molar-refractivity contribution in [1.29, 1.82) is 0 Å². The zero-order valence-electron chi connectivity index (χ0n) is 19.6. The summed E-state index contributed by atoms with van der Waals surface area (Å²) >= 11 is 1.27. The van der Waals surface area contributed by atoms with Gasteiger partial charge in [0.15, 0.2) is 9.84 Å². The summed E-state index contributed by atoms with van der Waals surface area (Å²) in [6.07, 6.45) is 0. The third-order valence-electron chi connectivity index (χ3n) is 5.41. The van der Waals surface area contributed by atoms with Crippen molar-refractivity contribution in [3.63, 3.8) is 0 Å². The topological polar surface area (TPSA) is 109 Å². The lowest BCUT2D eigenvalue weighted by Gasteiger charge is -2.15. The fraction of sp³-hybridized carbons (Fsp3) is 0.115. The first kappa shape index (κ1) is 25.6. The van der Waals surface area contributed by atoms with Gasteiger partial charge in [-0.25, -0.2) is 16.8 Å². The molecular formula is C26H24N2O5S3. The number of sulfone groups is 1. The van der Waals surface area contributed by atoms with Crippen molar-refractivity contribution in [3.05, 3.63) is 106 Å². The summed E-state index contributed by atoms with van der Waals surface area (Å²) in [4.78, 5) is 13.2. The third-order valence-corrected chi connectivity index (χ3v) is 9.34. The molecule has 0 radical (unpaired) electrons. The van der Waals surface area contributed by atoms with Crippen LogP contribution in [-0.2, 0) is 25.6 Å². The summed E-state index contributed by atoms with van der Waals surface area (Å²) in [7, 11) is -7.79. The van der Waals surface area contributed by atoms with E-state index in [0.29, 0.717) is 10.6 Å². The average molecular weight is 541 g/mol. The third kappa shape index (κ3) is 6.01. The summed E-state index contributed by atoms with van der Waals surface area (Å²) in [6.45, 7) is 3.70. The number of aryl methyl sites for hydroxylation is 2. The van der Waals surface area contributed by atoms with Crippen LogP contribution in [0.15, 0.2) is 94.0 Å². The highest BCUT2D eigenvalue weighted by molar-refractivity contribution is 7.92. The van der Waals surface area contributed by atoms with Gasteiger partial charge in [0, 0.05) is 5.69 Å². The molecule has 0 unspecified atom stereocenters. The number of hydrogen-bond acceptors (Lipinski definition) is 6. The molecule has 7 nitrogen and oxygen atoms in total. The van der Waals surface area contributed by atoms with Crippen LogP contribution in [-0.4, -0.2) is 22.7 Å². The van der Waals surface area contributed by atoms with E-state index in [1.807, 2.05) is 13.8 Å². The van der Waals surface area contributed by atoms with E-state index in [4.69, 9.17) is 0 Å². The smallest absolute Gasteiger partial charge is 0.265 e. The molecule has 2 N–H and O–H groups in total. The van der Waals surface area contributed by atoms with Gasteiger partial charge in [-0.05, 0) is 73.3 Å². The number of thiophene rings is 1. The van der Waals surface area contributed by atoms with Crippen molar-refractivity contribution in [2.75, 3.05) is 10.0 Å². The van der Waals surface area contributed by atoms with Crippen LogP contribution < -0.4 is 10.0 Å². The lowest BCUT2D eigenvalue weighted by Crippen LogP contribution is -2.16. The molecule has 0 atom stereocenters. The molecule has 1 aromatic heterocycles. The van der Waals surface area contributed by atoms with Crippen molar-refractivity contribution in [1.82, 2.24) is 0 Å². The van der Waals surface area contributed by atoms with Crippen molar-refractivity contribution in [2.24, 2.45) is 0 Å². The Bertz CT molecular complexity index is 1590. The van der Waals surface area contributed by atoms with Gasteiger partial charge in [0.2, 0.25) is 0 Å². The Morgan fingerprint density at radius 1 is 0.806 bits per heavy atom. The quantitative estimate of drug-likeness (QED) is 0.311. The highest BCUT2D eigenvalue weighted by Gasteiger charge is 2.22. The zero-order valence-corrected chi connectivity index (χ0v) is 22.0. The van der Waals surface area contributed by atoms with Gasteiger partial charge in [0.05, 0.1) is 26.1 Å². The molecule has 1 amide bonds. The van der Waals surface area contributed by atoms with Gasteiger partial charge >= 0.3 is 0 Å². The Morgan fingerprint density at radius 3 is 2.00 bits per heavy atom. The van der Waals surface area contributed by atoms with Gasteiger partial charge in [-0.1, -0.05) is 41.5 Å². The molecule has 0 spiro atoms. The molecule has 0 saturated heterocycles. The normalized spacial score (nSPS) is 11.7. The second-order valence-corrected chi connectivity index (χ2v) is 12.9. The molecule has 0 aliphatic carbocycles. The average Bonchev–Trinajstić information content (AvgIpc) is 3.36. The fourth-order valence-corrected chi connectivity index (χ4v) is 6.53. The minimum atomic E-state index is -3.98. The van der Waals surface area contributed by atoms with Crippen molar-refractivity contribution in [2.45, 2.75) is 29.4 Å². The minimum Gasteiger partial charge on any atom is -0.321 e. The Balaban J connectivity index is 1.71. The number of carbonyl (C=O) groups is 1. The van der Waals surface area contributed by atoms with E-state index in [0.717, 1.165) is 11.1 Å². The summed E-state index contributed by atoms with van der Waals surface area (Å²) in [6, 6.07) is 20.6. The lowest BCUT2D eigenvalue weighted by molar-refractivity contribution is 0.103. The lowest BCUT2D eigenvalue weighted by atomic mass is 10.2. The number of rotatable bonds is 8. The Kier molecular flexibility index (Phi) is 7.30. The van der Waals surface area contributed by atoms with E-state index in [2.05, 4.69) is 10.0 Å². The molecule has 10 heteroatoms. The van der Waals surface area contributed by atoms with Gasteiger partial charge in [-0.15, -0.1) is 11.3 Å². The first-order valence-corrected chi connectivity index (χ1v) is 14.9. The van der Waals surface area contributed by atoms with Gasteiger partial charge in [0.1, 0.15) is 0 Å². The molecule has 0 bridgehead atoms. The highest BCUT2D eigenvalue weighted by atomic mass is 32.2. The van der Waals surface area contributed by atoms with Crippen molar-refractivity contribution >= 4 is 48.5 Å². The molecule has 0 fully saturated rings. The summed E-state index contributed by atoms with van der Waals surface area (Å²) < 4.78 is 55.0. The molecule has 3 aromatic carbocycles. The van der Waals surface area contributed by atoms with Crippen molar-refractivity contribution in [3.8, 4) is 0 Å². The maximum atomic E-state index is 13.2. The van der Waals surface area contributed by atoms with E-state index >= 15 is 0 Å². The molecule has 0 aliphatic heterocycles. The van der Waals surface area contributed by atoms with Gasteiger partial charge in [-0.3, -0.25) is 9.52 Å². The number of amides is 1. The van der Waals surface area contributed by atoms with Crippen LogP contribution >= 0.6 is 11.3 Å². The van der Waals surface area contributed by atoms with Crippen LogP contribution in [0, 0.1) is 13.8 Å². The molecule has 1 heterocycles. The maximum absolute atomic E-state index is 13.2. The van der Waals surface area contributed by atoms with E-state index in [1.165, 1.54) is 53.8 Å². The van der Waals surface area contributed by atoms with Gasteiger partial charge in [-0.2, -0.15) is 0 Å². The second kappa shape index (κ2) is 10.3. The summed E-state index contributed by atoms with van der Waals surface area (Å²) in [5.41, 5.74) is 2.49. The second-order valence-electron chi connectivity index (χ2n) is 8.29. The number of sulfonamides is 1. The Labute approximate surface area is 214 Å². The standard InChI is InChI=1S/C26H24N2O5S3/c1-18-5-10-22(11-6-18)35(30,31)17-20-16-21(27-26(29)25-4-3-15-34-25)9-14-24(20)28-36(32,33)23-12-7-19(2)8-13-23/h3-16,28H,17H2,1-2H3,(H,27,29). The summed E-state index contributed by atoms with van der Waals surface area (Å²) in [5, 5.41) is 4.52. The molecule has 0 saturated carbocycles. The molecular weight excluding hydrogens is 516 g/mol. The molecule has 4 rings (SSSR count). The number of benzene rings is 3. The fourth-order valence-electron chi connectivity index (χ4n) is 3.45. The zero-order chi connectivity index (χ0) is 25.9. The molecule has 0 aliphatic rings. The summed E-state index contributed by atoms with van der Waals surface area (Å²) in [5.74, 6) is -0.810. The number of nitrogens with one attached hydrogen (secondary N) is 2. The molecule has 186 valence electrons. The van der Waals surface area contributed by atoms with E-state index in [1.54, 1.807) is 41.8 Å². The largest absolute Gasteiger partial charge is 0.321 e. The van der Waals surface area contributed by atoms with Crippen LogP contribution in [0.2, 0.25) is 0 Å². The van der Waals surface area contributed by atoms with Crippen molar-refractivity contribution < 1.29 is 21.6 Å². The van der Waals surface area contributed by atoms with E-state index in [9.17, 15) is 21.6 Å². The number of anilines is 2. The maximum Gasteiger partial charge on any atom is 0.265 e. The van der Waals surface area contributed by atoms with E-state index < -0.39 is 25.6 Å². The van der Waals surface area contributed by atoms with Crippen LogP contribution in [0.1, 0.15) is 26.4 Å². The van der Waals surface area contributed by atoms with Crippen LogP contribution in [0.3, 0.4) is 0 Å². The first-order valence-electron chi connectivity index (χ1n) is 10.9. The predicted molar refractivity (Wildman–Crippen MR) is 143 cm³/mol. The van der Waals surface area contributed by atoms with Crippen LogP contribution in [0.25, 0.3) is 0 Å². The van der Waals surface area contributed by atoms with Gasteiger partial charge < -0.3 is 5.32 Å². The molecule has 36 heavy (non-hydrogen) atoms. The SMILES string of the molecule is Cc1ccc(S(=O)(=O)Cc2cc(NC(=O)c3cccs3)ccc2NS(=O)(=O)c2ccc(C)cc2)cc1. The van der Waals surface area contributed by atoms with Gasteiger partial charge in [0.25, 0.3) is 15.9 Å². The molecule has 4 aromatic rings. The van der Waals surface area contributed by atoms with E-state index in [-0.39, 0.29) is 26.9 Å². The Hall–Kier alpha value is -3.47. The number of hydrogen-bond donors (Lipinski definition) is 2. The minimum absolute atomic E-state index is 0.0514. The van der Waals surface area contributed by atoms with Crippen LogP contribution in [0.5, 0.6) is 0 Å². The predicted octanol–water partition coefficient (Wildman–Crippen LogP) is 5.39. The Morgan fingerprint density at radius 2 is 1.42 bits per heavy atom. The highest BCUT2D eigenvalue weighted by Crippen LogP contribution is 2.28.